The van der Waals surface area contributed by atoms with Crippen molar-refractivity contribution < 1.29 is 13.4 Å². The summed E-state index contributed by atoms with van der Waals surface area (Å²) in [6.45, 7) is 2.09. The largest absolute Gasteiger partial charge is 0.497 e. The first-order chi connectivity index (χ1) is 17.0. The first kappa shape index (κ1) is 23.1. The Balaban J connectivity index is 1.44. The van der Waals surface area contributed by atoms with Gasteiger partial charge in [-0.25, -0.2) is 4.98 Å². The number of hydrogen-bond acceptors (Lipinski definition) is 9. The van der Waals surface area contributed by atoms with E-state index in [9.17, 15) is 13.5 Å². The van der Waals surface area contributed by atoms with E-state index in [0.717, 1.165) is 5.69 Å². The van der Waals surface area contributed by atoms with Crippen LogP contribution in [0, 0.1) is 0 Å². The predicted molar refractivity (Wildman–Crippen MR) is 135 cm³/mol. The Labute approximate surface area is 208 Å². The number of benzene rings is 1. The highest BCUT2D eigenvalue weighted by molar-refractivity contribution is 7.94. The molecule has 180 valence electrons. The average molecular weight is 513 g/mol. The fourth-order valence-corrected chi connectivity index (χ4v) is 5.05. The van der Waals surface area contributed by atoms with Gasteiger partial charge in [0.05, 0.1) is 35.1 Å². The van der Waals surface area contributed by atoms with Crippen LogP contribution in [0.25, 0.3) is 16.5 Å². The number of aromatic nitrogens is 3. The van der Waals surface area contributed by atoms with Gasteiger partial charge in [-0.1, -0.05) is 0 Å². The molecule has 0 unspecified atom stereocenters. The molecule has 1 aliphatic heterocycles. The van der Waals surface area contributed by atoms with Crippen LogP contribution >= 0.6 is 23.5 Å². The number of nitrogen functional groups attached to an aromatic ring is 1. The molecule has 0 bridgehead atoms. The van der Waals surface area contributed by atoms with Gasteiger partial charge in [0.2, 0.25) is 0 Å². The lowest BCUT2D eigenvalue weighted by Gasteiger charge is -2.35. The number of pyridine rings is 1. The number of carbonyl (C=O) groups excluding carboxylic acids is 1. The Morgan fingerprint density at radius 3 is 2.46 bits per heavy atom. The quantitative estimate of drug-likeness (QED) is 0.434. The average Bonchev–Trinajstić information content (AvgIpc) is 3.31. The lowest BCUT2D eigenvalue weighted by Crippen LogP contribution is -2.49. The minimum absolute atomic E-state index is 0.103. The number of fused-ring (bicyclic) bond motifs is 1. The number of hydrogen-bond donors (Lipinski definition) is 1. The Bertz CT molecular complexity index is 1430. The molecule has 0 atom stereocenters. The fourth-order valence-electron chi connectivity index (χ4n) is 4.05. The molecule has 0 saturated carbocycles. The summed E-state index contributed by atoms with van der Waals surface area (Å²) in [6.07, 6.45) is 1.63. The highest BCUT2D eigenvalue weighted by Crippen LogP contribution is 2.29. The van der Waals surface area contributed by atoms with Crippen LogP contribution < -0.4 is 20.9 Å². The second-order valence-electron chi connectivity index (χ2n) is 7.86. The van der Waals surface area contributed by atoms with Crippen molar-refractivity contribution in [2.45, 2.75) is 5.03 Å². The Hall–Kier alpha value is -3.64. The smallest absolute Gasteiger partial charge is 0.282 e. The van der Waals surface area contributed by atoms with Crippen LogP contribution in [0.15, 0.2) is 57.8 Å². The number of ether oxygens (including phenoxy) is 1. The van der Waals surface area contributed by atoms with E-state index in [-0.39, 0.29) is 29.3 Å². The summed E-state index contributed by atoms with van der Waals surface area (Å²) in [5.41, 5.74) is 7.29. The van der Waals surface area contributed by atoms with Gasteiger partial charge in [-0.3, -0.25) is 9.59 Å². The standard InChI is InChI=1S/C23H21FN6O3S2/c1-33-16-5-2-14(3-6-16)30-22(31)19-17(13-34-21(19)25)20(27-30)23(32)29-10-8-28(9-11-29)15-4-7-18(35-24)26-12-15/h2-7,12-13H,8-11,25H2,1H3. The Morgan fingerprint density at radius 1 is 1.11 bits per heavy atom. The number of anilines is 2. The topological polar surface area (TPSA) is 107 Å². The van der Waals surface area contributed by atoms with Crippen LogP contribution in [0.3, 0.4) is 0 Å². The molecule has 0 spiro atoms. The van der Waals surface area contributed by atoms with Crippen LogP contribution in [0.4, 0.5) is 14.6 Å². The van der Waals surface area contributed by atoms with Gasteiger partial charge >= 0.3 is 0 Å². The number of piperazine rings is 1. The van der Waals surface area contributed by atoms with Gasteiger partial charge < -0.3 is 20.3 Å². The fraction of sp³-hybridized carbons (Fsp3) is 0.217. The van der Waals surface area contributed by atoms with Gasteiger partial charge in [0.15, 0.2) is 5.69 Å². The molecule has 1 fully saturated rings. The molecule has 3 aromatic heterocycles. The van der Waals surface area contributed by atoms with Crippen LogP contribution in [0.2, 0.25) is 0 Å². The second kappa shape index (κ2) is 9.55. The zero-order valence-electron chi connectivity index (χ0n) is 18.7. The number of rotatable bonds is 5. The zero-order valence-corrected chi connectivity index (χ0v) is 20.3. The van der Waals surface area contributed by atoms with Crippen LogP contribution in [0.1, 0.15) is 10.5 Å². The van der Waals surface area contributed by atoms with Gasteiger partial charge in [-0.2, -0.15) is 13.7 Å². The van der Waals surface area contributed by atoms with Crippen LogP contribution in [-0.4, -0.2) is 58.9 Å². The van der Waals surface area contributed by atoms with Crippen molar-refractivity contribution in [1.29, 1.82) is 0 Å². The number of methoxy groups -OCH3 is 1. The van der Waals surface area contributed by atoms with E-state index in [2.05, 4.69) is 15.0 Å². The number of amides is 1. The summed E-state index contributed by atoms with van der Waals surface area (Å²) in [4.78, 5) is 34.6. The summed E-state index contributed by atoms with van der Waals surface area (Å²) in [5, 5.41) is 7.57. The van der Waals surface area contributed by atoms with E-state index in [1.165, 1.54) is 16.0 Å². The summed E-state index contributed by atoms with van der Waals surface area (Å²) in [6, 6.07) is 10.3. The van der Waals surface area contributed by atoms with Crippen molar-refractivity contribution in [2.24, 2.45) is 0 Å². The Kier molecular flexibility index (Phi) is 6.31. The molecule has 4 aromatic rings. The van der Waals surface area contributed by atoms with Gasteiger partial charge in [-0.05, 0) is 36.4 Å². The van der Waals surface area contributed by atoms with E-state index >= 15 is 0 Å². The molecule has 1 aliphatic rings. The third kappa shape index (κ3) is 4.30. The maximum Gasteiger partial charge on any atom is 0.282 e. The number of nitrogens with two attached hydrogens (primary N) is 1. The molecule has 4 heterocycles. The first-order valence-electron chi connectivity index (χ1n) is 10.7. The molecule has 1 saturated heterocycles. The van der Waals surface area contributed by atoms with Crippen LogP contribution in [-0.2, 0) is 0 Å². The number of nitrogens with zero attached hydrogens (tertiary/aromatic N) is 5. The van der Waals surface area contributed by atoms with Crippen molar-refractivity contribution >= 4 is 50.9 Å². The lowest BCUT2D eigenvalue weighted by atomic mass is 10.2. The lowest BCUT2D eigenvalue weighted by molar-refractivity contribution is 0.0741. The van der Waals surface area contributed by atoms with E-state index < -0.39 is 0 Å². The highest BCUT2D eigenvalue weighted by atomic mass is 32.2. The van der Waals surface area contributed by atoms with Crippen molar-refractivity contribution in [3.8, 4) is 11.4 Å². The van der Waals surface area contributed by atoms with Gasteiger partial charge in [0, 0.05) is 36.9 Å². The van der Waals surface area contributed by atoms with Gasteiger partial charge in [0.25, 0.3) is 11.5 Å². The summed E-state index contributed by atoms with van der Waals surface area (Å²) in [7, 11) is 1.56. The summed E-state index contributed by atoms with van der Waals surface area (Å²) in [5.74, 6) is 0.373. The molecule has 0 aliphatic carbocycles. The molecule has 9 nitrogen and oxygen atoms in total. The molecule has 12 heteroatoms. The zero-order chi connectivity index (χ0) is 24.5. The molecule has 1 amide bonds. The number of halogens is 1. The van der Waals surface area contributed by atoms with Gasteiger partial charge in [-0.15, -0.1) is 11.3 Å². The maximum absolute atomic E-state index is 13.6. The monoisotopic (exact) mass is 512 g/mol. The first-order valence-corrected chi connectivity index (χ1v) is 12.3. The predicted octanol–water partition coefficient (Wildman–Crippen LogP) is 3.37. The normalized spacial score (nSPS) is 13.9. The Morgan fingerprint density at radius 2 is 1.83 bits per heavy atom. The van der Waals surface area contributed by atoms with E-state index in [0.29, 0.717) is 58.4 Å². The third-order valence-electron chi connectivity index (χ3n) is 5.93. The molecule has 35 heavy (non-hydrogen) atoms. The number of thiophene rings is 1. The second-order valence-corrected chi connectivity index (χ2v) is 9.35. The van der Waals surface area contributed by atoms with Crippen molar-refractivity contribution in [3.05, 3.63) is 64.0 Å². The number of carbonyl (C=O) groups is 1. The summed E-state index contributed by atoms with van der Waals surface area (Å²) < 4.78 is 19.1. The molecule has 5 rings (SSSR count). The van der Waals surface area contributed by atoms with E-state index in [4.69, 9.17) is 10.5 Å². The van der Waals surface area contributed by atoms with Crippen molar-refractivity contribution in [2.75, 3.05) is 43.9 Å². The molecular formula is C23H21FN6O3S2. The van der Waals surface area contributed by atoms with Crippen LogP contribution in [0.5, 0.6) is 5.75 Å². The minimum atomic E-state index is -0.382. The van der Waals surface area contributed by atoms with Crippen molar-refractivity contribution in [3.63, 3.8) is 0 Å². The molecule has 0 radical (unpaired) electrons. The third-order valence-corrected chi connectivity index (χ3v) is 7.14. The molecule has 2 N–H and O–H groups in total. The molecular weight excluding hydrogens is 491 g/mol. The van der Waals surface area contributed by atoms with Gasteiger partial charge in [0.1, 0.15) is 22.9 Å². The molecule has 1 aromatic carbocycles. The SMILES string of the molecule is COc1ccc(-n2nc(C(=O)N3CCN(c4ccc(SF)nc4)CC3)c3csc(N)c3c2=O)cc1. The minimum Gasteiger partial charge on any atom is -0.497 e. The highest BCUT2D eigenvalue weighted by Gasteiger charge is 2.27. The summed E-state index contributed by atoms with van der Waals surface area (Å²) >= 11 is 1.31. The van der Waals surface area contributed by atoms with Crippen molar-refractivity contribution in [1.82, 2.24) is 19.7 Å². The van der Waals surface area contributed by atoms with E-state index in [1.54, 1.807) is 53.9 Å². The van der Waals surface area contributed by atoms with E-state index in [1.807, 2.05) is 6.07 Å². The maximum atomic E-state index is 13.6.